The summed E-state index contributed by atoms with van der Waals surface area (Å²) in [6, 6.07) is 17.4. The molecule has 0 saturated carbocycles. The van der Waals surface area contributed by atoms with E-state index in [1.807, 2.05) is 59.5 Å². The molecular weight excluding hydrogens is 388 g/mol. The molecule has 4 rings (SSSR count). The summed E-state index contributed by atoms with van der Waals surface area (Å²) in [6.45, 7) is 7.52. The fourth-order valence-electron chi connectivity index (χ4n) is 3.82. The van der Waals surface area contributed by atoms with Gasteiger partial charge in [0.05, 0.1) is 18.7 Å². The molecular formula is C25H28N4O2. The number of rotatable bonds is 4. The zero-order valence-electron chi connectivity index (χ0n) is 18.2. The first-order valence-corrected chi connectivity index (χ1v) is 10.6. The highest BCUT2D eigenvalue weighted by molar-refractivity contribution is 6.04. The van der Waals surface area contributed by atoms with Crippen LogP contribution in [0.25, 0.3) is 0 Å². The quantitative estimate of drug-likeness (QED) is 0.673. The Bertz CT molecular complexity index is 1080. The highest BCUT2D eigenvalue weighted by atomic mass is 16.2. The van der Waals surface area contributed by atoms with Gasteiger partial charge in [0.2, 0.25) is 5.91 Å². The molecule has 2 amide bonds. The molecule has 1 aliphatic rings. The van der Waals surface area contributed by atoms with Crippen molar-refractivity contribution in [2.75, 3.05) is 11.9 Å². The molecule has 0 atom stereocenters. The van der Waals surface area contributed by atoms with Crippen molar-refractivity contribution in [1.29, 1.82) is 0 Å². The van der Waals surface area contributed by atoms with E-state index in [0.29, 0.717) is 37.3 Å². The molecule has 2 heterocycles. The predicted molar refractivity (Wildman–Crippen MR) is 121 cm³/mol. The molecule has 2 N–H and O–H groups in total. The molecule has 6 heteroatoms. The van der Waals surface area contributed by atoms with Crippen LogP contribution in [0.3, 0.4) is 0 Å². The highest BCUT2D eigenvalue weighted by Crippen LogP contribution is 2.26. The van der Waals surface area contributed by atoms with Crippen LogP contribution in [-0.2, 0) is 29.6 Å². The van der Waals surface area contributed by atoms with Crippen molar-refractivity contribution in [3.63, 3.8) is 0 Å². The van der Waals surface area contributed by atoms with Crippen LogP contribution in [0.1, 0.15) is 53.5 Å². The normalized spacial score (nSPS) is 13.6. The van der Waals surface area contributed by atoms with Crippen molar-refractivity contribution in [2.24, 2.45) is 0 Å². The third kappa shape index (κ3) is 4.68. The maximum absolute atomic E-state index is 12.7. The molecule has 0 spiro atoms. The van der Waals surface area contributed by atoms with Gasteiger partial charge >= 0.3 is 0 Å². The van der Waals surface area contributed by atoms with Crippen molar-refractivity contribution in [3.05, 3.63) is 82.5 Å². The van der Waals surface area contributed by atoms with Crippen LogP contribution in [0, 0.1) is 0 Å². The topological polar surface area (TPSA) is 78.1 Å². The standard InChI is InChI=1S/C25H28N4O2/c1-25(2,3)19-11-9-18(10-12-19)24(31)26-23-20-13-14-29(16-21(20)27-28-23)22(30)15-17-7-5-4-6-8-17/h4-12H,13-16H2,1-3H3,(H2,26,27,28,31). The second-order valence-corrected chi connectivity index (χ2v) is 9.04. The molecule has 31 heavy (non-hydrogen) atoms. The van der Waals surface area contributed by atoms with Crippen LogP contribution in [0.15, 0.2) is 54.6 Å². The van der Waals surface area contributed by atoms with Gasteiger partial charge < -0.3 is 10.2 Å². The Labute approximate surface area is 182 Å². The number of hydrogen-bond donors (Lipinski definition) is 2. The lowest BCUT2D eigenvalue weighted by Crippen LogP contribution is -2.37. The van der Waals surface area contributed by atoms with Gasteiger partial charge in [-0.1, -0.05) is 63.2 Å². The first-order valence-electron chi connectivity index (χ1n) is 10.6. The molecule has 2 aromatic carbocycles. The molecule has 160 valence electrons. The molecule has 1 aliphatic heterocycles. The van der Waals surface area contributed by atoms with E-state index >= 15 is 0 Å². The van der Waals surface area contributed by atoms with Crippen molar-refractivity contribution in [1.82, 2.24) is 15.1 Å². The van der Waals surface area contributed by atoms with Gasteiger partial charge in [0, 0.05) is 17.7 Å². The summed E-state index contributed by atoms with van der Waals surface area (Å²) in [5.41, 5.74) is 4.68. The average molecular weight is 417 g/mol. The minimum atomic E-state index is -0.183. The fourth-order valence-corrected chi connectivity index (χ4v) is 3.82. The maximum Gasteiger partial charge on any atom is 0.256 e. The summed E-state index contributed by atoms with van der Waals surface area (Å²) in [7, 11) is 0. The van der Waals surface area contributed by atoms with E-state index in [9.17, 15) is 9.59 Å². The summed E-state index contributed by atoms with van der Waals surface area (Å²) >= 11 is 0. The van der Waals surface area contributed by atoms with Gasteiger partial charge in [-0.2, -0.15) is 5.10 Å². The van der Waals surface area contributed by atoms with Crippen LogP contribution in [0.5, 0.6) is 0 Å². The van der Waals surface area contributed by atoms with Crippen molar-refractivity contribution in [3.8, 4) is 0 Å². The molecule has 0 aliphatic carbocycles. The zero-order valence-corrected chi connectivity index (χ0v) is 18.2. The van der Waals surface area contributed by atoms with E-state index in [4.69, 9.17) is 0 Å². The number of aromatic amines is 1. The minimum absolute atomic E-state index is 0.0418. The Kier molecular flexibility index (Phi) is 5.63. The Morgan fingerprint density at radius 1 is 1.06 bits per heavy atom. The van der Waals surface area contributed by atoms with Crippen molar-refractivity contribution < 1.29 is 9.59 Å². The summed E-state index contributed by atoms with van der Waals surface area (Å²) in [6.07, 6.45) is 1.05. The first-order chi connectivity index (χ1) is 14.8. The van der Waals surface area contributed by atoms with E-state index in [2.05, 4.69) is 36.3 Å². The van der Waals surface area contributed by atoms with Gasteiger partial charge in [0.1, 0.15) is 0 Å². The van der Waals surface area contributed by atoms with E-state index in [1.165, 1.54) is 5.56 Å². The molecule has 0 unspecified atom stereocenters. The van der Waals surface area contributed by atoms with Gasteiger partial charge in [-0.25, -0.2) is 0 Å². The number of fused-ring (bicyclic) bond motifs is 1. The lowest BCUT2D eigenvalue weighted by atomic mass is 9.87. The third-order valence-corrected chi connectivity index (χ3v) is 5.73. The van der Waals surface area contributed by atoms with Crippen LogP contribution < -0.4 is 5.32 Å². The summed E-state index contributed by atoms with van der Waals surface area (Å²) in [5.74, 6) is 0.461. The third-order valence-electron chi connectivity index (χ3n) is 5.73. The summed E-state index contributed by atoms with van der Waals surface area (Å²) < 4.78 is 0. The lowest BCUT2D eigenvalue weighted by Gasteiger charge is -2.27. The fraction of sp³-hybridized carbons (Fsp3) is 0.320. The number of carbonyl (C=O) groups excluding carboxylic acids is 2. The number of nitrogens with one attached hydrogen (secondary N) is 2. The number of nitrogens with zero attached hydrogens (tertiary/aromatic N) is 2. The summed E-state index contributed by atoms with van der Waals surface area (Å²) in [4.78, 5) is 27.2. The molecule has 6 nitrogen and oxygen atoms in total. The first kappa shape index (κ1) is 20.8. The number of H-pyrrole nitrogens is 1. The Morgan fingerprint density at radius 2 is 1.77 bits per heavy atom. The lowest BCUT2D eigenvalue weighted by molar-refractivity contribution is -0.131. The maximum atomic E-state index is 12.7. The highest BCUT2D eigenvalue weighted by Gasteiger charge is 2.26. The smallest absolute Gasteiger partial charge is 0.256 e. The number of anilines is 1. The van der Waals surface area contributed by atoms with Crippen LogP contribution in [0.2, 0.25) is 0 Å². The Balaban J connectivity index is 1.41. The number of benzene rings is 2. The Hall–Kier alpha value is -3.41. The monoisotopic (exact) mass is 416 g/mol. The van der Waals surface area contributed by atoms with Gasteiger partial charge in [-0.05, 0) is 35.1 Å². The summed E-state index contributed by atoms with van der Waals surface area (Å²) in [5, 5.41) is 10.2. The number of aromatic nitrogens is 2. The minimum Gasteiger partial charge on any atom is -0.336 e. The van der Waals surface area contributed by atoms with Crippen LogP contribution >= 0.6 is 0 Å². The van der Waals surface area contributed by atoms with E-state index in [1.54, 1.807) is 0 Å². The van der Waals surface area contributed by atoms with Gasteiger partial charge in [0.25, 0.3) is 5.91 Å². The van der Waals surface area contributed by atoms with Crippen LogP contribution in [-0.4, -0.2) is 33.5 Å². The Morgan fingerprint density at radius 3 is 2.45 bits per heavy atom. The van der Waals surface area contributed by atoms with Gasteiger partial charge in [0.15, 0.2) is 5.82 Å². The van der Waals surface area contributed by atoms with E-state index in [0.717, 1.165) is 16.8 Å². The van der Waals surface area contributed by atoms with Crippen molar-refractivity contribution >= 4 is 17.6 Å². The van der Waals surface area contributed by atoms with Crippen molar-refractivity contribution in [2.45, 2.75) is 45.6 Å². The van der Waals surface area contributed by atoms with Gasteiger partial charge in [-0.3, -0.25) is 14.7 Å². The van der Waals surface area contributed by atoms with E-state index in [-0.39, 0.29) is 17.2 Å². The SMILES string of the molecule is CC(C)(C)c1ccc(C(=O)Nc2n[nH]c3c2CCN(C(=O)Cc2ccccc2)C3)cc1. The number of carbonyl (C=O) groups is 2. The largest absolute Gasteiger partial charge is 0.336 e. The van der Waals surface area contributed by atoms with E-state index < -0.39 is 0 Å². The van der Waals surface area contributed by atoms with Crippen LogP contribution in [0.4, 0.5) is 5.82 Å². The molecule has 0 bridgehead atoms. The molecule has 0 saturated heterocycles. The molecule has 0 radical (unpaired) electrons. The molecule has 0 fully saturated rings. The number of hydrogen-bond acceptors (Lipinski definition) is 3. The molecule has 1 aromatic heterocycles. The number of amides is 2. The second-order valence-electron chi connectivity index (χ2n) is 9.04. The van der Waals surface area contributed by atoms with Gasteiger partial charge in [-0.15, -0.1) is 0 Å². The second kappa shape index (κ2) is 8.38. The average Bonchev–Trinajstić information content (AvgIpc) is 3.16. The predicted octanol–water partition coefficient (Wildman–Crippen LogP) is 4.09. The zero-order chi connectivity index (χ0) is 22.0. The molecule has 3 aromatic rings.